The molecule has 2 unspecified atom stereocenters. The Hall–Kier alpha value is -1.00. The minimum absolute atomic E-state index is 0.395. The van der Waals surface area contributed by atoms with Crippen LogP contribution in [-0.2, 0) is 0 Å². The van der Waals surface area contributed by atoms with Crippen LogP contribution in [0.25, 0.3) is 0 Å². The summed E-state index contributed by atoms with van der Waals surface area (Å²) < 4.78 is 26.6. The van der Waals surface area contributed by atoms with Crippen molar-refractivity contribution in [1.29, 1.82) is 0 Å². The first-order valence-corrected chi connectivity index (χ1v) is 7.53. The average Bonchev–Trinajstić information content (AvgIpc) is 2.63. The number of rotatable bonds is 4. The van der Waals surface area contributed by atoms with Gasteiger partial charge in [0.1, 0.15) is 11.6 Å². The Labute approximate surface area is 120 Å². The van der Waals surface area contributed by atoms with Gasteiger partial charge in [-0.1, -0.05) is 19.4 Å². The molecule has 20 heavy (non-hydrogen) atoms. The number of hydrogen-bond acceptors (Lipinski definition) is 2. The molecule has 1 aliphatic heterocycles. The molecule has 0 radical (unpaired) electrons. The Morgan fingerprint density at radius 3 is 2.80 bits per heavy atom. The SMILES string of the molecule is CCC1CCCN(CC(N)c2ccc(F)cc2F)CC1. The fourth-order valence-corrected chi connectivity index (χ4v) is 2.99. The van der Waals surface area contributed by atoms with E-state index >= 15 is 0 Å². The summed E-state index contributed by atoms with van der Waals surface area (Å²) in [4.78, 5) is 2.31. The lowest BCUT2D eigenvalue weighted by molar-refractivity contribution is 0.261. The minimum atomic E-state index is -0.556. The van der Waals surface area contributed by atoms with Crippen molar-refractivity contribution in [3.05, 3.63) is 35.4 Å². The van der Waals surface area contributed by atoms with Gasteiger partial charge in [-0.2, -0.15) is 0 Å². The molecule has 2 nitrogen and oxygen atoms in total. The van der Waals surface area contributed by atoms with Crippen LogP contribution < -0.4 is 5.73 Å². The highest BCUT2D eigenvalue weighted by atomic mass is 19.1. The number of benzene rings is 1. The van der Waals surface area contributed by atoms with Gasteiger partial charge in [-0.15, -0.1) is 0 Å². The van der Waals surface area contributed by atoms with Crippen molar-refractivity contribution in [3.63, 3.8) is 0 Å². The van der Waals surface area contributed by atoms with E-state index < -0.39 is 17.7 Å². The van der Waals surface area contributed by atoms with Gasteiger partial charge in [0.05, 0.1) is 0 Å². The van der Waals surface area contributed by atoms with Gasteiger partial charge < -0.3 is 10.6 Å². The number of likely N-dealkylation sites (tertiary alicyclic amines) is 1. The van der Waals surface area contributed by atoms with E-state index in [0.717, 1.165) is 25.1 Å². The summed E-state index contributed by atoms with van der Waals surface area (Å²) in [5, 5.41) is 0. The molecule has 0 bridgehead atoms. The number of halogens is 2. The maximum absolute atomic E-state index is 13.7. The van der Waals surface area contributed by atoms with E-state index in [1.165, 1.54) is 37.8 Å². The first-order valence-electron chi connectivity index (χ1n) is 7.53. The normalized spacial score (nSPS) is 22.5. The van der Waals surface area contributed by atoms with Gasteiger partial charge in [-0.05, 0) is 44.3 Å². The summed E-state index contributed by atoms with van der Waals surface area (Å²) in [5.41, 5.74) is 6.50. The smallest absolute Gasteiger partial charge is 0.130 e. The zero-order valence-electron chi connectivity index (χ0n) is 12.1. The second-order valence-electron chi connectivity index (χ2n) is 5.78. The molecule has 2 N–H and O–H groups in total. The van der Waals surface area contributed by atoms with Crippen LogP contribution in [0.1, 0.15) is 44.2 Å². The van der Waals surface area contributed by atoms with Crippen LogP contribution in [0.3, 0.4) is 0 Å². The van der Waals surface area contributed by atoms with Crippen molar-refractivity contribution in [2.24, 2.45) is 11.7 Å². The highest BCUT2D eigenvalue weighted by Crippen LogP contribution is 2.22. The molecule has 0 spiro atoms. The van der Waals surface area contributed by atoms with E-state index in [1.54, 1.807) is 0 Å². The van der Waals surface area contributed by atoms with Crippen LogP contribution in [0.4, 0.5) is 8.78 Å². The lowest BCUT2D eigenvalue weighted by Crippen LogP contribution is -2.33. The van der Waals surface area contributed by atoms with Gasteiger partial charge in [0.2, 0.25) is 0 Å². The fraction of sp³-hybridized carbons (Fsp3) is 0.625. The van der Waals surface area contributed by atoms with Crippen molar-refractivity contribution in [3.8, 4) is 0 Å². The summed E-state index contributed by atoms with van der Waals surface area (Å²) in [6.07, 6.45) is 4.87. The molecule has 1 aromatic rings. The van der Waals surface area contributed by atoms with Crippen LogP contribution >= 0.6 is 0 Å². The molecule has 1 heterocycles. The van der Waals surface area contributed by atoms with Crippen molar-refractivity contribution in [1.82, 2.24) is 4.90 Å². The van der Waals surface area contributed by atoms with Gasteiger partial charge in [-0.3, -0.25) is 0 Å². The molecular weight excluding hydrogens is 258 g/mol. The molecule has 4 heteroatoms. The highest BCUT2D eigenvalue weighted by molar-refractivity contribution is 5.22. The molecule has 1 aromatic carbocycles. The van der Waals surface area contributed by atoms with E-state index in [1.807, 2.05) is 0 Å². The fourth-order valence-electron chi connectivity index (χ4n) is 2.99. The van der Waals surface area contributed by atoms with Gasteiger partial charge in [0.15, 0.2) is 0 Å². The van der Waals surface area contributed by atoms with Crippen molar-refractivity contribution in [2.45, 2.75) is 38.6 Å². The van der Waals surface area contributed by atoms with Crippen molar-refractivity contribution in [2.75, 3.05) is 19.6 Å². The number of nitrogens with two attached hydrogens (primary N) is 1. The predicted octanol–water partition coefficient (Wildman–Crippen LogP) is 3.48. The summed E-state index contributed by atoms with van der Waals surface area (Å²) >= 11 is 0. The van der Waals surface area contributed by atoms with Crippen molar-refractivity contribution >= 4 is 0 Å². The third kappa shape index (κ3) is 4.00. The lowest BCUT2D eigenvalue weighted by Gasteiger charge is -2.24. The molecule has 0 amide bonds. The van der Waals surface area contributed by atoms with E-state index in [0.29, 0.717) is 12.1 Å². The van der Waals surface area contributed by atoms with Gasteiger partial charge in [-0.25, -0.2) is 8.78 Å². The topological polar surface area (TPSA) is 29.3 Å². The van der Waals surface area contributed by atoms with Gasteiger partial charge in [0.25, 0.3) is 0 Å². The average molecular weight is 282 g/mol. The third-order valence-corrected chi connectivity index (χ3v) is 4.33. The third-order valence-electron chi connectivity index (χ3n) is 4.33. The first kappa shape index (κ1) is 15.4. The van der Waals surface area contributed by atoms with Crippen molar-refractivity contribution < 1.29 is 8.78 Å². The second kappa shape index (κ2) is 7.14. The monoisotopic (exact) mass is 282 g/mol. The molecule has 112 valence electrons. The molecule has 2 atom stereocenters. The molecule has 1 saturated heterocycles. The number of nitrogens with zero attached hydrogens (tertiary/aromatic N) is 1. The van der Waals surface area contributed by atoms with Gasteiger partial charge >= 0.3 is 0 Å². The summed E-state index contributed by atoms with van der Waals surface area (Å²) in [5.74, 6) is -0.295. The zero-order chi connectivity index (χ0) is 14.5. The zero-order valence-corrected chi connectivity index (χ0v) is 12.1. The van der Waals surface area contributed by atoms with E-state index in [9.17, 15) is 8.78 Å². The van der Waals surface area contributed by atoms with Crippen LogP contribution in [0.2, 0.25) is 0 Å². The van der Waals surface area contributed by atoms with E-state index in [4.69, 9.17) is 5.73 Å². The Bertz CT molecular complexity index is 436. The largest absolute Gasteiger partial charge is 0.323 e. The molecule has 0 aromatic heterocycles. The van der Waals surface area contributed by atoms with Crippen LogP contribution in [0, 0.1) is 17.6 Å². The first-order chi connectivity index (χ1) is 9.60. The maximum Gasteiger partial charge on any atom is 0.130 e. The molecule has 1 aliphatic rings. The molecular formula is C16H24F2N2. The second-order valence-corrected chi connectivity index (χ2v) is 5.78. The summed E-state index contributed by atoms with van der Waals surface area (Å²) in [6.45, 7) is 4.92. The predicted molar refractivity (Wildman–Crippen MR) is 77.4 cm³/mol. The van der Waals surface area contributed by atoms with E-state index in [2.05, 4.69) is 11.8 Å². The van der Waals surface area contributed by atoms with Crippen LogP contribution in [-0.4, -0.2) is 24.5 Å². The Balaban J connectivity index is 1.95. The van der Waals surface area contributed by atoms with Crippen LogP contribution in [0.15, 0.2) is 18.2 Å². The molecule has 1 fully saturated rings. The quantitative estimate of drug-likeness (QED) is 0.916. The lowest BCUT2D eigenvalue weighted by atomic mass is 9.98. The summed E-state index contributed by atoms with van der Waals surface area (Å²) in [6, 6.07) is 3.24. The maximum atomic E-state index is 13.7. The van der Waals surface area contributed by atoms with Crippen LogP contribution in [0.5, 0.6) is 0 Å². The Kier molecular flexibility index (Phi) is 5.49. The van der Waals surface area contributed by atoms with E-state index in [-0.39, 0.29) is 0 Å². The standard InChI is InChI=1S/C16H24F2N2/c1-2-12-4-3-8-20(9-7-12)11-16(19)14-6-5-13(17)10-15(14)18/h5-6,10,12,16H,2-4,7-9,11,19H2,1H3. The molecule has 0 aliphatic carbocycles. The minimum Gasteiger partial charge on any atom is -0.323 e. The summed E-state index contributed by atoms with van der Waals surface area (Å²) in [7, 11) is 0. The van der Waals surface area contributed by atoms with Gasteiger partial charge in [0, 0.05) is 24.2 Å². The highest BCUT2D eigenvalue weighted by Gasteiger charge is 2.19. The molecule has 2 rings (SSSR count). The Morgan fingerprint density at radius 1 is 1.30 bits per heavy atom. The Morgan fingerprint density at radius 2 is 2.10 bits per heavy atom. The number of hydrogen-bond donors (Lipinski definition) is 1. The molecule has 0 saturated carbocycles.